The molecular formula is C15H26ClN3. The molecule has 0 fully saturated rings. The number of hydrogen-bond donors (Lipinski definition) is 2. The fourth-order valence-corrected chi connectivity index (χ4v) is 2.08. The van der Waals surface area contributed by atoms with Gasteiger partial charge in [-0.1, -0.05) is 23.7 Å². The fourth-order valence-electron chi connectivity index (χ4n) is 1.96. The summed E-state index contributed by atoms with van der Waals surface area (Å²) in [5.41, 5.74) is 6.82. The molecular weight excluding hydrogens is 258 g/mol. The van der Waals surface area contributed by atoms with Gasteiger partial charge in [0.05, 0.1) is 0 Å². The topological polar surface area (TPSA) is 41.3 Å². The summed E-state index contributed by atoms with van der Waals surface area (Å²) >= 11 is 5.85. The van der Waals surface area contributed by atoms with E-state index in [1.807, 2.05) is 12.1 Å². The van der Waals surface area contributed by atoms with Crippen molar-refractivity contribution in [3.63, 3.8) is 0 Å². The van der Waals surface area contributed by atoms with E-state index >= 15 is 0 Å². The van der Waals surface area contributed by atoms with E-state index in [9.17, 15) is 0 Å². The highest BCUT2D eigenvalue weighted by Gasteiger charge is 1.97. The second-order valence-corrected chi connectivity index (χ2v) is 5.36. The summed E-state index contributed by atoms with van der Waals surface area (Å²) < 4.78 is 0. The van der Waals surface area contributed by atoms with Crippen LogP contribution < -0.4 is 11.1 Å². The minimum absolute atomic E-state index is 0.781. The average Bonchev–Trinajstić information content (AvgIpc) is 2.42. The van der Waals surface area contributed by atoms with Crippen LogP contribution in [0.5, 0.6) is 0 Å². The number of benzene rings is 1. The lowest BCUT2D eigenvalue weighted by atomic mass is 10.1. The van der Waals surface area contributed by atoms with Gasteiger partial charge in [-0.25, -0.2) is 0 Å². The Balaban J connectivity index is 1.98. The van der Waals surface area contributed by atoms with E-state index in [1.54, 1.807) is 0 Å². The van der Waals surface area contributed by atoms with Crippen molar-refractivity contribution in [2.75, 3.05) is 39.8 Å². The van der Waals surface area contributed by atoms with Gasteiger partial charge in [-0.3, -0.25) is 0 Å². The van der Waals surface area contributed by atoms with Crippen LogP contribution in [0.25, 0.3) is 0 Å². The van der Waals surface area contributed by atoms with Gasteiger partial charge in [0.2, 0.25) is 0 Å². The van der Waals surface area contributed by atoms with E-state index in [-0.39, 0.29) is 0 Å². The Morgan fingerprint density at radius 2 is 1.79 bits per heavy atom. The Hall–Kier alpha value is -0.610. The van der Waals surface area contributed by atoms with Crippen LogP contribution in [-0.4, -0.2) is 44.7 Å². The van der Waals surface area contributed by atoms with Crippen LogP contribution >= 0.6 is 11.6 Å². The normalized spacial score (nSPS) is 11.2. The zero-order valence-corrected chi connectivity index (χ0v) is 12.6. The lowest BCUT2D eigenvalue weighted by molar-refractivity contribution is 0.324. The Morgan fingerprint density at radius 1 is 1.11 bits per heavy atom. The molecule has 0 aliphatic carbocycles. The van der Waals surface area contributed by atoms with Gasteiger partial charge < -0.3 is 16.0 Å². The first kappa shape index (κ1) is 16.4. The zero-order valence-electron chi connectivity index (χ0n) is 11.9. The molecule has 0 radical (unpaired) electrons. The molecule has 0 saturated carbocycles. The van der Waals surface area contributed by atoms with E-state index in [2.05, 4.69) is 29.4 Å². The predicted molar refractivity (Wildman–Crippen MR) is 83.8 cm³/mol. The van der Waals surface area contributed by atoms with Gasteiger partial charge in [0, 0.05) is 5.02 Å². The fraction of sp³-hybridized carbons (Fsp3) is 0.600. The Bertz CT molecular complexity index is 327. The largest absolute Gasteiger partial charge is 0.330 e. The molecule has 1 rings (SSSR count). The lowest BCUT2D eigenvalue weighted by Gasteiger charge is -2.15. The molecule has 0 unspecified atom stereocenters. The highest BCUT2D eigenvalue weighted by molar-refractivity contribution is 6.30. The summed E-state index contributed by atoms with van der Waals surface area (Å²) in [6.07, 6.45) is 3.32. The molecule has 3 N–H and O–H groups in total. The standard InChI is InChI=1S/C15H26ClN3/c1-19(12-2-9-17)13-3-10-18-11-8-14-4-6-15(16)7-5-14/h4-7,18H,2-3,8-13,17H2,1H3. The maximum absolute atomic E-state index is 5.85. The molecule has 0 spiro atoms. The summed E-state index contributed by atoms with van der Waals surface area (Å²) in [4.78, 5) is 2.34. The first-order valence-corrected chi connectivity index (χ1v) is 7.44. The number of hydrogen-bond acceptors (Lipinski definition) is 3. The van der Waals surface area contributed by atoms with Crippen LogP contribution in [0.15, 0.2) is 24.3 Å². The number of nitrogens with two attached hydrogens (primary N) is 1. The summed E-state index contributed by atoms with van der Waals surface area (Å²) in [5.74, 6) is 0. The average molecular weight is 284 g/mol. The zero-order chi connectivity index (χ0) is 13.9. The van der Waals surface area contributed by atoms with Crippen molar-refractivity contribution in [1.82, 2.24) is 10.2 Å². The highest BCUT2D eigenvalue weighted by atomic mass is 35.5. The second kappa shape index (κ2) is 10.2. The number of rotatable bonds is 10. The third-order valence-electron chi connectivity index (χ3n) is 3.14. The molecule has 0 aliphatic rings. The van der Waals surface area contributed by atoms with Crippen LogP contribution in [0.2, 0.25) is 5.02 Å². The van der Waals surface area contributed by atoms with E-state index < -0.39 is 0 Å². The molecule has 0 saturated heterocycles. The molecule has 0 heterocycles. The Labute approximate surface area is 122 Å². The van der Waals surface area contributed by atoms with Crippen molar-refractivity contribution < 1.29 is 0 Å². The van der Waals surface area contributed by atoms with Crippen molar-refractivity contribution in [2.45, 2.75) is 19.3 Å². The van der Waals surface area contributed by atoms with Crippen molar-refractivity contribution in [2.24, 2.45) is 5.73 Å². The molecule has 4 heteroatoms. The third kappa shape index (κ3) is 8.22. The molecule has 1 aromatic carbocycles. The molecule has 3 nitrogen and oxygen atoms in total. The van der Waals surface area contributed by atoms with Crippen LogP contribution in [0, 0.1) is 0 Å². The predicted octanol–water partition coefficient (Wildman–Crippen LogP) is 2.14. The summed E-state index contributed by atoms with van der Waals surface area (Å²) in [7, 11) is 2.16. The molecule has 19 heavy (non-hydrogen) atoms. The molecule has 1 aromatic rings. The van der Waals surface area contributed by atoms with Gasteiger partial charge in [-0.2, -0.15) is 0 Å². The molecule has 0 aromatic heterocycles. The van der Waals surface area contributed by atoms with E-state index in [0.717, 1.165) is 50.6 Å². The number of nitrogens with one attached hydrogen (secondary N) is 1. The first-order chi connectivity index (χ1) is 9.22. The maximum atomic E-state index is 5.85. The number of halogens is 1. The quantitative estimate of drug-likeness (QED) is 0.647. The lowest BCUT2D eigenvalue weighted by Crippen LogP contribution is -2.26. The summed E-state index contributed by atoms with van der Waals surface area (Å²) in [6, 6.07) is 8.07. The summed E-state index contributed by atoms with van der Waals surface area (Å²) in [6.45, 7) is 5.10. The van der Waals surface area contributed by atoms with Crippen LogP contribution in [-0.2, 0) is 6.42 Å². The van der Waals surface area contributed by atoms with Gasteiger partial charge in [0.15, 0.2) is 0 Å². The number of nitrogens with zero attached hydrogens (tertiary/aromatic N) is 1. The van der Waals surface area contributed by atoms with Gasteiger partial charge in [-0.15, -0.1) is 0 Å². The highest BCUT2D eigenvalue weighted by Crippen LogP contribution is 2.09. The Morgan fingerprint density at radius 3 is 2.47 bits per heavy atom. The third-order valence-corrected chi connectivity index (χ3v) is 3.39. The monoisotopic (exact) mass is 283 g/mol. The van der Waals surface area contributed by atoms with Crippen molar-refractivity contribution >= 4 is 11.6 Å². The molecule has 0 atom stereocenters. The SMILES string of the molecule is CN(CCCN)CCCNCCc1ccc(Cl)cc1. The van der Waals surface area contributed by atoms with Crippen molar-refractivity contribution in [3.8, 4) is 0 Å². The van der Waals surface area contributed by atoms with E-state index in [4.69, 9.17) is 17.3 Å². The molecule has 108 valence electrons. The molecule has 0 aliphatic heterocycles. The van der Waals surface area contributed by atoms with Crippen LogP contribution in [0.1, 0.15) is 18.4 Å². The second-order valence-electron chi connectivity index (χ2n) is 4.93. The minimum Gasteiger partial charge on any atom is -0.330 e. The van der Waals surface area contributed by atoms with Crippen LogP contribution in [0.4, 0.5) is 0 Å². The maximum Gasteiger partial charge on any atom is 0.0406 e. The van der Waals surface area contributed by atoms with Gasteiger partial charge in [0.1, 0.15) is 0 Å². The van der Waals surface area contributed by atoms with E-state index in [0.29, 0.717) is 0 Å². The van der Waals surface area contributed by atoms with Crippen LogP contribution in [0.3, 0.4) is 0 Å². The summed E-state index contributed by atoms with van der Waals surface area (Å²) in [5, 5.41) is 4.28. The first-order valence-electron chi connectivity index (χ1n) is 7.06. The molecule has 0 amide bonds. The van der Waals surface area contributed by atoms with Gasteiger partial charge in [-0.05, 0) is 76.7 Å². The molecule has 0 bridgehead atoms. The van der Waals surface area contributed by atoms with E-state index in [1.165, 1.54) is 12.0 Å². The van der Waals surface area contributed by atoms with Crippen molar-refractivity contribution in [3.05, 3.63) is 34.9 Å². The van der Waals surface area contributed by atoms with Gasteiger partial charge in [0.25, 0.3) is 0 Å². The minimum atomic E-state index is 0.781. The Kier molecular flexibility index (Phi) is 8.84. The smallest absolute Gasteiger partial charge is 0.0406 e. The van der Waals surface area contributed by atoms with Crippen molar-refractivity contribution in [1.29, 1.82) is 0 Å². The van der Waals surface area contributed by atoms with Gasteiger partial charge >= 0.3 is 0 Å².